The van der Waals surface area contributed by atoms with E-state index in [0.717, 1.165) is 47.8 Å². The highest BCUT2D eigenvalue weighted by molar-refractivity contribution is 6.30. The van der Waals surface area contributed by atoms with Gasteiger partial charge in [-0.2, -0.15) is 0 Å². The van der Waals surface area contributed by atoms with Crippen molar-refractivity contribution in [2.75, 3.05) is 19.7 Å². The van der Waals surface area contributed by atoms with Crippen LogP contribution >= 0.6 is 11.6 Å². The molecule has 0 saturated heterocycles. The van der Waals surface area contributed by atoms with Gasteiger partial charge >= 0.3 is 0 Å². The van der Waals surface area contributed by atoms with Crippen molar-refractivity contribution in [3.8, 4) is 5.75 Å². The minimum Gasteiger partial charge on any atom is -0.493 e. The van der Waals surface area contributed by atoms with Gasteiger partial charge in [0.15, 0.2) is 0 Å². The molecule has 2 N–H and O–H groups in total. The highest BCUT2D eigenvalue weighted by Crippen LogP contribution is 2.35. The van der Waals surface area contributed by atoms with Crippen LogP contribution in [-0.4, -0.2) is 30.4 Å². The molecule has 1 aromatic rings. The lowest BCUT2D eigenvalue weighted by atomic mass is 9.91. The van der Waals surface area contributed by atoms with E-state index in [1.165, 1.54) is 0 Å². The molecule has 0 amide bonds. The molecular formula is C16H24ClNO2. The summed E-state index contributed by atoms with van der Waals surface area (Å²) in [5.74, 6) is 0.927. The van der Waals surface area contributed by atoms with Crippen molar-refractivity contribution < 1.29 is 9.84 Å². The van der Waals surface area contributed by atoms with Gasteiger partial charge in [-0.15, -0.1) is 0 Å². The van der Waals surface area contributed by atoms with Crippen molar-refractivity contribution in [2.45, 2.75) is 45.1 Å². The number of hydrogen-bond donors (Lipinski definition) is 2. The van der Waals surface area contributed by atoms with E-state index in [1.807, 2.05) is 19.1 Å². The van der Waals surface area contributed by atoms with Gasteiger partial charge in [0.1, 0.15) is 5.75 Å². The number of nitrogens with one attached hydrogen (secondary N) is 1. The van der Waals surface area contributed by atoms with Crippen LogP contribution in [0.15, 0.2) is 12.1 Å². The molecule has 1 aliphatic heterocycles. The molecular weight excluding hydrogens is 274 g/mol. The fourth-order valence-electron chi connectivity index (χ4n) is 2.64. The molecule has 0 aromatic heterocycles. The third-order valence-electron chi connectivity index (χ3n) is 3.66. The first kappa shape index (κ1) is 15.6. The summed E-state index contributed by atoms with van der Waals surface area (Å²) in [7, 11) is 0. The molecule has 1 aliphatic rings. The van der Waals surface area contributed by atoms with Crippen molar-refractivity contribution in [1.82, 2.24) is 5.32 Å². The number of rotatable bonds is 7. The zero-order valence-electron chi connectivity index (χ0n) is 12.3. The number of halogens is 1. The lowest BCUT2D eigenvalue weighted by molar-refractivity contribution is 0.0510. The fraction of sp³-hybridized carbons (Fsp3) is 0.625. The molecule has 0 spiro atoms. The maximum Gasteiger partial charge on any atom is 0.126 e. The molecule has 2 rings (SSSR count). The first-order valence-electron chi connectivity index (χ1n) is 7.39. The average Bonchev–Trinajstić information content (AvgIpc) is 2.82. The standard InChI is InChI=1S/C16H24ClNO2/c1-3-6-18-7-5-16(2,19)11-13-10-14(17)9-12-4-8-20-15(12)13/h9-10,18-19H,3-8,11H2,1-2H3. The zero-order valence-corrected chi connectivity index (χ0v) is 13.1. The Labute approximate surface area is 126 Å². The third kappa shape index (κ3) is 4.11. The average molecular weight is 298 g/mol. The molecule has 4 heteroatoms. The Hall–Kier alpha value is -0.770. The zero-order chi connectivity index (χ0) is 14.6. The van der Waals surface area contributed by atoms with Crippen LogP contribution in [0, 0.1) is 0 Å². The van der Waals surface area contributed by atoms with Crippen LogP contribution in [0.3, 0.4) is 0 Å². The second-order valence-corrected chi connectivity index (χ2v) is 6.26. The van der Waals surface area contributed by atoms with E-state index in [2.05, 4.69) is 12.2 Å². The maximum atomic E-state index is 10.6. The second kappa shape index (κ2) is 6.79. The molecule has 1 heterocycles. The van der Waals surface area contributed by atoms with Gasteiger partial charge in [-0.1, -0.05) is 18.5 Å². The van der Waals surface area contributed by atoms with Crippen LogP contribution in [0.25, 0.3) is 0 Å². The van der Waals surface area contributed by atoms with Crippen LogP contribution in [0.2, 0.25) is 5.02 Å². The first-order chi connectivity index (χ1) is 9.52. The topological polar surface area (TPSA) is 41.5 Å². The Morgan fingerprint density at radius 2 is 2.20 bits per heavy atom. The summed E-state index contributed by atoms with van der Waals surface area (Å²) in [6.45, 7) is 6.54. The number of hydrogen-bond acceptors (Lipinski definition) is 3. The normalized spacial score (nSPS) is 16.6. The van der Waals surface area contributed by atoms with Crippen molar-refractivity contribution in [3.63, 3.8) is 0 Å². The molecule has 0 saturated carbocycles. The largest absolute Gasteiger partial charge is 0.493 e. The minimum absolute atomic E-state index is 0.573. The summed E-state index contributed by atoms with van der Waals surface area (Å²) in [6.07, 6.45) is 3.30. The van der Waals surface area contributed by atoms with Gasteiger partial charge in [-0.05, 0) is 56.1 Å². The maximum absolute atomic E-state index is 10.6. The summed E-state index contributed by atoms with van der Waals surface area (Å²) >= 11 is 6.15. The second-order valence-electron chi connectivity index (χ2n) is 5.83. The van der Waals surface area contributed by atoms with E-state index in [0.29, 0.717) is 19.4 Å². The van der Waals surface area contributed by atoms with E-state index in [-0.39, 0.29) is 0 Å². The van der Waals surface area contributed by atoms with Crippen molar-refractivity contribution in [2.24, 2.45) is 0 Å². The van der Waals surface area contributed by atoms with E-state index < -0.39 is 5.60 Å². The van der Waals surface area contributed by atoms with E-state index >= 15 is 0 Å². The van der Waals surface area contributed by atoms with Crippen molar-refractivity contribution in [1.29, 1.82) is 0 Å². The molecule has 0 fully saturated rings. The Morgan fingerprint density at radius 1 is 1.40 bits per heavy atom. The predicted molar refractivity (Wildman–Crippen MR) is 82.8 cm³/mol. The number of benzene rings is 1. The van der Waals surface area contributed by atoms with Gasteiger partial charge in [-0.25, -0.2) is 0 Å². The molecule has 3 nitrogen and oxygen atoms in total. The van der Waals surface area contributed by atoms with Crippen LogP contribution in [0.5, 0.6) is 5.75 Å². The molecule has 20 heavy (non-hydrogen) atoms. The lowest BCUT2D eigenvalue weighted by Gasteiger charge is -2.24. The number of ether oxygens (including phenoxy) is 1. The van der Waals surface area contributed by atoms with E-state index in [1.54, 1.807) is 0 Å². The van der Waals surface area contributed by atoms with Crippen molar-refractivity contribution in [3.05, 3.63) is 28.3 Å². The Morgan fingerprint density at radius 3 is 2.95 bits per heavy atom. The van der Waals surface area contributed by atoms with Crippen molar-refractivity contribution >= 4 is 11.6 Å². The number of aliphatic hydroxyl groups is 1. The quantitative estimate of drug-likeness (QED) is 0.760. The monoisotopic (exact) mass is 297 g/mol. The Kier molecular flexibility index (Phi) is 5.30. The van der Waals surface area contributed by atoms with Crippen LogP contribution in [0.4, 0.5) is 0 Å². The van der Waals surface area contributed by atoms with Gasteiger partial charge in [0.05, 0.1) is 12.2 Å². The van der Waals surface area contributed by atoms with Gasteiger partial charge in [0.2, 0.25) is 0 Å². The fourth-order valence-corrected chi connectivity index (χ4v) is 2.90. The summed E-state index contributed by atoms with van der Waals surface area (Å²) < 4.78 is 5.69. The summed E-state index contributed by atoms with van der Waals surface area (Å²) in [6, 6.07) is 3.88. The lowest BCUT2D eigenvalue weighted by Crippen LogP contribution is -2.32. The van der Waals surface area contributed by atoms with Gasteiger partial charge < -0.3 is 15.2 Å². The van der Waals surface area contributed by atoms with Gasteiger partial charge in [0.25, 0.3) is 0 Å². The van der Waals surface area contributed by atoms with Gasteiger partial charge in [-0.3, -0.25) is 0 Å². The Balaban J connectivity index is 2.02. The summed E-state index contributed by atoms with van der Waals surface area (Å²) in [5.41, 5.74) is 1.43. The number of fused-ring (bicyclic) bond motifs is 1. The Bertz CT molecular complexity index is 460. The van der Waals surface area contributed by atoms with E-state index in [9.17, 15) is 5.11 Å². The van der Waals surface area contributed by atoms with Crippen LogP contribution in [-0.2, 0) is 12.8 Å². The SMILES string of the molecule is CCCNCCC(C)(O)Cc1cc(Cl)cc2c1OCC2. The van der Waals surface area contributed by atoms with Gasteiger partial charge in [0, 0.05) is 17.9 Å². The van der Waals surface area contributed by atoms with Crippen LogP contribution in [0.1, 0.15) is 37.8 Å². The molecule has 0 radical (unpaired) electrons. The summed E-state index contributed by atoms with van der Waals surface area (Å²) in [5, 5.41) is 14.6. The third-order valence-corrected chi connectivity index (χ3v) is 3.88. The minimum atomic E-state index is -0.745. The van der Waals surface area contributed by atoms with Crippen LogP contribution < -0.4 is 10.1 Å². The first-order valence-corrected chi connectivity index (χ1v) is 7.77. The molecule has 0 bridgehead atoms. The molecule has 1 atom stereocenters. The van der Waals surface area contributed by atoms with E-state index in [4.69, 9.17) is 16.3 Å². The molecule has 1 aromatic carbocycles. The highest BCUT2D eigenvalue weighted by Gasteiger charge is 2.25. The predicted octanol–water partition coefficient (Wildman–Crippen LogP) is 2.96. The molecule has 1 unspecified atom stereocenters. The summed E-state index contributed by atoms with van der Waals surface area (Å²) in [4.78, 5) is 0. The smallest absolute Gasteiger partial charge is 0.126 e. The highest BCUT2D eigenvalue weighted by atomic mass is 35.5. The molecule has 0 aliphatic carbocycles. The molecule has 112 valence electrons.